The maximum absolute atomic E-state index is 12.1. The summed E-state index contributed by atoms with van der Waals surface area (Å²) in [5, 5.41) is 6.80. The van der Waals surface area contributed by atoms with Crippen LogP contribution in [-0.4, -0.2) is 43.4 Å². The lowest BCUT2D eigenvalue weighted by Crippen LogP contribution is -2.23. The fourth-order valence-corrected chi connectivity index (χ4v) is 2.10. The van der Waals surface area contributed by atoms with Crippen LogP contribution >= 0.6 is 0 Å². The summed E-state index contributed by atoms with van der Waals surface area (Å²) in [5.41, 5.74) is 2.36. The van der Waals surface area contributed by atoms with E-state index in [1.807, 2.05) is 43.3 Å². The van der Waals surface area contributed by atoms with Gasteiger partial charge >= 0.3 is 0 Å². The van der Waals surface area contributed by atoms with Gasteiger partial charge in [0.25, 0.3) is 5.91 Å². The van der Waals surface area contributed by atoms with Crippen LogP contribution in [0.15, 0.2) is 30.5 Å². The number of benzene rings is 1. The number of methoxy groups -OCH3 is 1. The second-order valence-electron chi connectivity index (χ2n) is 5.12. The van der Waals surface area contributed by atoms with Gasteiger partial charge in [-0.2, -0.15) is 0 Å². The summed E-state index contributed by atoms with van der Waals surface area (Å²) >= 11 is 0. The van der Waals surface area contributed by atoms with Crippen LogP contribution in [-0.2, 0) is 7.05 Å². The lowest BCUT2D eigenvalue weighted by atomic mass is 10.1. The number of carbonyl (C=O) groups is 1. The minimum absolute atomic E-state index is 0.249. The van der Waals surface area contributed by atoms with Crippen molar-refractivity contribution in [1.82, 2.24) is 15.1 Å². The van der Waals surface area contributed by atoms with Crippen LogP contribution in [0.3, 0.4) is 0 Å². The number of nitrogens with one attached hydrogen (secondary N) is 1. The van der Waals surface area contributed by atoms with Gasteiger partial charge < -0.3 is 15.0 Å². The number of amides is 1. The van der Waals surface area contributed by atoms with Gasteiger partial charge in [0.15, 0.2) is 0 Å². The lowest BCUT2D eigenvalue weighted by Gasteiger charge is -2.13. The van der Waals surface area contributed by atoms with Gasteiger partial charge in [-0.25, -0.2) is 0 Å². The van der Waals surface area contributed by atoms with Crippen molar-refractivity contribution in [2.24, 2.45) is 7.05 Å². The molecule has 0 saturated carbocycles. The molecule has 1 heterocycles. The van der Waals surface area contributed by atoms with Crippen molar-refractivity contribution < 1.29 is 9.53 Å². The molecule has 0 aliphatic carbocycles. The minimum Gasteiger partial charge on any atom is -0.479 e. The highest BCUT2D eigenvalue weighted by Crippen LogP contribution is 2.16. The molecule has 0 saturated heterocycles. The third-order valence-electron chi connectivity index (χ3n) is 3.18. The topological polar surface area (TPSA) is 59.4 Å². The van der Waals surface area contributed by atoms with E-state index in [0.29, 0.717) is 11.4 Å². The molecular formula is C17H20N4O2. The summed E-state index contributed by atoms with van der Waals surface area (Å²) in [6, 6.07) is 7.87. The largest absolute Gasteiger partial charge is 0.479 e. The van der Waals surface area contributed by atoms with E-state index >= 15 is 0 Å². The Labute approximate surface area is 136 Å². The van der Waals surface area contributed by atoms with E-state index in [2.05, 4.69) is 22.3 Å². The Morgan fingerprint density at radius 1 is 1.39 bits per heavy atom. The molecule has 0 aliphatic heterocycles. The summed E-state index contributed by atoms with van der Waals surface area (Å²) in [6.07, 6.45) is 1.61. The molecule has 0 atom stereocenters. The third kappa shape index (κ3) is 4.04. The first kappa shape index (κ1) is 16.4. The predicted molar refractivity (Wildman–Crippen MR) is 89.7 cm³/mol. The molecule has 0 radical (unpaired) electrons. The molecule has 1 aromatic heterocycles. The molecule has 0 bridgehead atoms. The molecule has 6 nitrogen and oxygen atoms in total. The number of ether oxygens (including phenoxy) is 1. The first-order valence-corrected chi connectivity index (χ1v) is 7.14. The summed E-state index contributed by atoms with van der Waals surface area (Å²) < 4.78 is 6.61. The van der Waals surface area contributed by atoms with E-state index in [1.54, 1.807) is 13.2 Å². The molecule has 120 valence electrons. The highest BCUT2D eigenvalue weighted by atomic mass is 16.5. The maximum atomic E-state index is 12.1. The molecular weight excluding hydrogens is 292 g/mol. The molecule has 2 aromatic rings. The van der Waals surface area contributed by atoms with Crippen molar-refractivity contribution in [2.75, 3.05) is 32.6 Å². The van der Waals surface area contributed by atoms with Crippen molar-refractivity contribution in [3.8, 4) is 17.7 Å². The van der Waals surface area contributed by atoms with Crippen LogP contribution in [0.2, 0.25) is 0 Å². The van der Waals surface area contributed by atoms with Crippen LogP contribution < -0.4 is 15.0 Å². The average molecular weight is 312 g/mol. The number of rotatable bonds is 4. The van der Waals surface area contributed by atoms with Crippen molar-refractivity contribution in [2.45, 2.75) is 0 Å². The fraction of sp³-hybridized carbons (Fsp3) is 0.294. The van der Waals surface area contributed by atoms with Gasteiger partial charge in [-0.15, -0.1) is 5.10 Å². The van der Waals surface area contributed by atoms with Crippen molar-refractivity contribution in [3.05, 3.63) is 41.6 Å². The van der Waals surface area contributed by atoms with Gasteiger partial charge in [0.05, 0.1) is 19.3 Å². The second-order valence-corrected chi connectivity index (χ2v) is 5.12. The van der Waals surface area contributed by atoms with Gasteiger partial charge in [-0.3, -0.25) is 9.48 Å². The summed E-state index contributed by atoms with van der Waals surface area (Å²) in [4.78, 5) is 14.1. The summed E-state index contributed by atoms with van der Waals surface area (Å²) in [5.74, 6) is 6.08. The quantitative estimate of drug-likeness (QED) is 0.864. The van der Waals surface area contributed by atoms with E-state index in [1.165, 1.54) is 11.8 Å². The molecule has 1 amide bonds. The number of para-hydroxylation sites is 1. The zero-order chi connectivity index (χ0) is 16.8. The lowest BCUT2D eigenvalue weighted by molar-refractivity contribution is 0.0955. The number of nitrogens with zero attached hydrogens (tertiary/aromatic N) is 3. The number of anilines is 1. The Morgan fingerprint density at radius 3 is 2.83 bits per heavy atom. The van der Waals surface area contributed by atoms with Crippen LogP contribution in [0, 0.1) is 11.8 Å². The number of carbonyl (C=O) groups excluding carboxylic acids is 1. The van der Waals surface area contributed by atoms with E-state index in [4.69, 9.17) is 4.74 Å². The van der Waals surface area contributed by atoms with Gasteiger partial charge in [0.2, 0.25) is 5.88 Å². The van der Waals surface area contributed by atoms with Gasteiger partial charge in [0, 0.05) is 32.9 Å². The van der Waals surface area contributed by atoms with Crippen LogP contribution in [0.5, 0.6) is 5.88 Å². The van der Waals surface area contributed by atoms with Gasteiger partial charge in [-0.1, -0.05) is 24.0 Å². The van der Waals surface area contributed by atoms with Crippen LogP contribution in [0.4, 0.5) is 5.69 Å². The van der Waals surface area contributed by atoms with E-state index in [0.717, 1.165) is 11.3 Å². The highest BCUT2D eigenvalue weighted by Gasteiger charge is 2.15. The van der Waals surface area contributed by atoms with E-state index < -0.39 is 0 Å². The van der Waals surface area contributed by atoms with E-state index in [9.17, 15) is 4.79 Å². The Kier molecular flexibility index (Phi) is 5.26. The van der Waals surface area contributed by atoms with Crippen molar-refractivity contribution >= 4 is 11.6 Å². The first-order chi connectivity index (χ1) is 11.0. The maximum Gasteiger partial charge on any atom is 0.259 e. The normalized spacial score (nSPS) is 9.74. The smallest absolute Gasteiger partial charge is 0.259 e. The standard InChI is InChI=1S/C17H20N4O2/c1-20(2)15-10-6-5-8-13(15)9-7-11-18-16(22)14-12-21(3)19-17(14)23-4/h5-6,8,10,12H,11H2,1-4H3,(H,18,22). The van der Waals surface area contributed by atoms with Crippen molar-refractivity contribution in [1.29, 1.82) is 0 Å². The number of aromatic nitrogens is 2. The zero-order valence-electron chi connectivity index (χ0n) is 13.8. The number of hydrogen-bond donors (Lipinski definition) is 1. The molecule has 1 aromatic carbocycles. The number of hydrogen-bond acceptors (Lipinski definition) is 4. The summed E-state index contributed by atoms with van der Waals surface area (Å²) in [7, 11) is 7.16. The van der Waals surface area contributed by atoms with Gasteiger partial charge in [-0.05, 0) is 12.1 Å². The molecule has 2 rings (SSSR count). The molecule has 6 heteroatoms. The predicted octanol–water partition coefficient (Wildman–Crippen LogP) is 1.28. The Hall–Kier alpha value is -2.94. The second kappa shape index (κ2) is 7.36. The molecule has 0 spiro atoms. The highest BCUT2D eigenvalue weighted by molar-refractivity contribution is 5.96. The Morgan fingerprint density at radius 2 is 2.13 bits per heavy atom. The SMILES string of the molecule is COc1nn(C)cc1C(=O)NCC#Cc1ccccc1N(C)C. The first-order valence-electron chi connectivity index (χ1n) is 7.14. The third-order valence-corrected chi connectivity index (χ3v) is 3.18. The summed E-state index contributed by atoms with van der Waals surface area (Å²) in [6.45, 7) is 0.249. The molecule has 0 aliphatic rings. The average Bonchev–Trinajstić information content (AvgIpc) is 2.92. The monoisotopic (exact) mass is 312 g/mol. The zero-order valence-corrected chi connectivity index (χ0v) is 13.8. The minimum atomic E-state index is -0.259. The fourth-order valence-electron chi connectivity index (χ4n) is 2.10. The molecule has 23 heavy (non-hydrogen) atoms. The Balaban J connectivity index is 2.02. The van der Waals surface area contributed by atoms with Crippen LogP contribution in [0.25, 0.3) is 0 Å². The van der Waals surface area contributed by atoms with Gasteiger partial charge in [0.1, 0.15) is 5.56 Å². The Bertz CT molecular complexity index is 753. The van der Waals surface area contributed by atoms with Crippen molar-refractivity contribution in [3.63, 3.8) is 0 Å². The van der Waals surface area contributed by atoms with Crippen LogP contribution in [0.1, 0.15) is 15.9 Å². The molecule has 0 unspecified atom stereocenters. The number of aryl methyl sites for hydroxylation is 1. The molecule has 0 fully saturated rings. The molecule has 1 N–H and O–H groups in total. The van der Waals surface area contributed by atoms with E-state index in [-0.39, 0.29) is 12.5 Å².